The summed E-state index contributed by atoms with van der Waals surface area (Å²) in [4.78, 5) is 17.2. The lowest BCUT2D eigenvalue weighted by Gasteiger charge is -2.32. The summed E-state index contributed by atoms with van der Waals surface area (Å²) in [5, 5.41) is 14.1. The first-order valence-corrected chi connectivity index (χ1v) is 7.29. The lowest BCUT2D eigenvalue weighted by atomic mass is 10.1. The minimum absolute atomic E-state index is 0.0263. The summed E-state index contributed by atoms with van der Waals surface area (Å²) >= 11 is 0. The fourth-order valence-corrected chi connectivity index (χ4v) is 2.56. The van der Waals surface area contributed by atoms with Crippen LogP contribution in [0.1, 0.15) is 26.2 Å². The number of likely N-dealkylation sites (tertiary alicyclic amines) is 1. The number of anilines is 1. The maximum absolute atomic E-state index is 11.0. The van der Waals surface area contributed by atoms with Crippen LogP contribution in [0, 0.1) is 10.1 Å². The lowest BCUT2D eigenvalue weighted by molar-refractivity contribution is -0.384. The van der Waals surface area contributed by atoms with Gasteiger partial charge < -0.3 is 10.1 Å². The first-order chi connectivity index (χ1) is 10.1. The Bertz CT molecular complexity index is 489. The van der Waals surface area contributed by atoms with Crippen LogP contribution >= 0.6 is 0 Å². The van der Waals surface area contributed by atoms with Gasteiger partial charge >= 0.3 is 5.69 Å². The lowest BCUT2D eigenvalue weighted by Crippen LogP contribution is -2.41. The van der Waals surface area contributed by atoms with Crippen LogP contribution in [0.25, 0.3) is 0 Å². The number of rotatable bonds is 6. The first-order valence-electron chi connectivity index (χ1n) is 7.29. The van der Waals surface area contributed by atoms with E-state index in [9.17, 15) is 10.1 Å². The SMILES string of the molecule is COc1ccc([N+](=O)[O-])c(NCC(C)N2CCCCC2)n1. The van der Waals surface area contributed by atoms with Crippen LogP contribution in [0.15, 0.2) is 12.1 Å². The van der Waals surface area contributed by atoms with Gasteiger partial charge in [-0.25, -0.2) is 0 Å². The highest BCUT2D eigenvalue weighted by molar-refractivity contribution is 5.57. The zero-order chi connectivity index (χ0) is 15.2. The van der Waals surface area contributed by atoms with Gasteiger partial charge in [-0.15, -0.1) is 0 Å². The minimum atomic E-state index is -0.430. The monoisotopic (exact) mass is 294 g/mol. The molecule has 1 aromatic heterocycles. The van der Waals surface area contributed by atoms with Crippen molar-refractivity contribution in [3.63, 3.8) is 0 Å². The minimum Gasteiger partial charge on any atom is -0.481 e. The molecule has 1 saturated heterocycles. The van der Waals surface area contributed by atoms with Gasteiger partial charge in [0, 0.05) is 24.7 Å². The number of pyridine rings is 1. The maximum atomic E-state index is 11.0. The van der Waals surface area contributed by atoms with Gasteiger partial charge in [-0.3, -0.25) is 15.0 Å². The molecule has 2 heterocycles. The molecule has 1 fully saturated rings. The number of hydrogen-bond donors (Lipinski definition) is 1. The molecule has 21 heavy (non-hydrogen) atoms. The maximum Gasteiger partial charge on any atom is 0.311 e. The highest BCUT2D eigenvalue weighted by Gasteiger charge is 2.20. The standard InChI is InChI=1S/C14H22N4O3/c1-11(17-8-4-3-5-9-17)10-15-14-12(18(19)20)6-7-13(16-14)21-2/h6-7,11H,3-5,8-10H2,1-2H3,(H,15,16). The molecule has 7 heteroatoms. The van der Waals surface area contributed by atoms with Gasteiger partial charge in [0.05, 0.1) is 12.0 Å². The number of ether oxygens (including phenoxy) is 1. The molecule has 0 aromatic carbocycles. The number of nitrogens with zero attached hydrogens (tertiary/aromatic N) is 3. The summed E-state index contributed by atoms with van der Waals surface area (Å²) in [6, 6.07) is 3.23. The van der Waals surface area contributed by atoms with Gasteiger partial charge in [-0.1, -0.05) is 6.42 Å². The molecule has 1 aromatic rings. The van der Waals surface area contributed by atoms with Crippen molar-refractivity contribution in [1.82, 2.24) is 9.88 Å². The quantitative estimate of drug-likeness (QED) is 0.640. The number of nitrogens with one attached hydrogen (secondary N) is 1. The second-order valence-electron chi connectivity index (χ2n) is 5.31. The number of aromatic nitrogens is 1. The molecule has 0 bridgehead atoms. The molecular formula is C14H22N4O3. The Hall–Kier alpha value is -1.89. The van der Waals surface area contributed by atoms with Crippen molar-refractivity contribution in [3.05, 3.63) is 22.2 Å². The van der Waals surface area contributed by atoms with E-state index in [-0.39, 0.29) is 11.5 Å². The largest absolute Gasteiger partial charge is 0.481 e. The summed E-state index contributed by atoms with van der Waals surface area (Å²) in [7, 11) is 1.49. The molecule has 1 unspecified atom stereocenters. The van der Waals surface area contributed by atoms with Crippen LogP contribution in [0.2, 0.25) is 0 Å². The normalized spacial score (nSPS) is 17.2. The molecule has 1 atom stereocenters. The zero-order valence-electron chi connectivity index (χ0n) is 12.5. The van der Waals surface area contributed by atoms with E-state index in [0.29, 0.717) is 18.5 Å². The van der Waals surface area contributed by atoms with Gasteiger partial charge in [0.15, 0.2) is 0 Å². The predicted molar refractivity (Wildman–Crippen MR) is 80.8 cm³/mol. The van der Waals surface area contributed by atoms with E-state index in [2.05, 4.69) is 22.1 Å². The Kier molecular flexibility index (Phi) is 5.32. The topological polar surface area (TPSA) is 80.5 Å². The van der Waals surface area contributed by atoms with Crippen molar-refractivity contribution in [2.24, 2.45) is 0 Å². The number of methoxy groups -OCH3 is 1. The van der Waals surface area contributed by atoms with Crippen molar-refractivity contribution in [2.45, 2.75) is 32.2 Å². The van der Waals surface area contributed by atoms with Crippen molar-refractivity contribution < 1.29 is 9.66 Å². The molecule has 0 saturated carbocycles. The Balaban J connectivity index is 2.02. The van der Waals surface area contributed by atoms with Crippen molar-refractivity contribution in [1.29, 1.82) is 0 Å². The van der Waals surface area contributed by atoms with Crippen LogP contribution in [0.4, 0.5) is 11.5 Å². The molecule has 116 valence electrons. The molecule has 2 rings (SSSR count). The molecular weight excluding hydrogens is 272 g/mol. The molecule has 0 radical (unpaired) electrons. The summed E-state index contributed by atoms with van der Waals surface area (Å²) < 4.78 is 5.03. The highest BCUT2D eigenvalue weighted by atomic mass is 16.6. The van der Waals surface area contributed by atoms with Gasteiger partial charge in [0.25, 0.3) is 0 Å². The number of nitro groups is 1. The van der Waals surface area contributed by atoms with Crippen LogP contribution in [0.5, 0.6) is 5.88 Å². The Morgan fingerprint density at radius 3 is 2.76 bits per heavy atom. The van der Waals surface area contributed by atoms with Crippen LogP contribution < -0.4 is 10.1 Å². The molecule has 1 aliphatic rings. The second kappa shape index (κ2) is 7.21. The van der Waals surface area contributed by atoms with E-state index in [0.717, 1.165) is 13.1 Å². The van der Waals surface area contributed by atoms with Crippen molar-refractivity contribution in [2.75, 3.05) is 32.1 Å². The van der Waals surface area contributed by atoms with Gasteiger partial charge in [-0.2, -0.15) is 4.98 Å². The van der Waals surface area contributed by atoms with Crippen LogP contribution in [-0.2, 0) is 0 Å². The van der Waals surface area contributed by atoms with E-state index in [1.165, 1.54) is 38.5 Å². The molecule has 1 aliphatic heterocycles. The second-order valence-corrected chi connectivity index (χ2v) is 5.31. The highest BCUT2D eigenvalue weighted by Crippen LogP contribution is 2.25. The molecule has 7 nitrogen and oxygen atoms in total. The average Bonchev–Trinajstić information content (AvgIpc) is 2.52. The van der Waals surface area contributed by atoms with E-state index in [1.807, 2.05) is 0 Å². The van der Waals surface area contributed by atoms with E-state index in [1.54, 1.807) is 0 Å². The third-order valence-corrected chi connectivity index (χ3v) is 3.83. The third-order valence-electron chi connectivity index (χ3n) is 3.83. The van der Waals surface area contributed by atoms with Crippen LogP contribution in [0.3, 0.4) is 0 Å². The smallest absolute Gasteiger partial charge is 0.311 e. The Labute approximate surface area is 124 Å². The van der Waals surface area contributed by atoms with Crippen molar-refractivity contribution >= 4 is 11.5 Å². The Morgan fingerprint density at radius 2 is 2.14 bits per heavy atom. The molecule has 0 amide bonds. The fraction of sp³-hybridized carbons (Fsp3) is 0.643. The van der Waals surface area contributed by atoms with Gasteiger partial charge in [0.2, 0.25) is 11.7 Å². The summed E-state index contributed by atoms with van der Waals surface area (Å²) in [6.45, 7) is 4.94. The predicted octanol–water partition coefficient (Wildman–Crippen LogP) is 2.28. The molecule has 1 N–H and O–H groups in total. The molecule has 0 aliphatic carbocycles. The average molecular weight is 294 g/mol. The van der Waals surface area contributed by atoms with E-state index < -0.39 is 4.92 Å². The van der Waals surface area contributed by atoms with Gasteiger partial charge in [0.1, 0.15) is 0 Å². The number of hydrogen-bond acceptors (Lipinski definition) is 6. The third kappa shape index (κ3) is 4.04. The Morgan fingerprint density at radius 1 is 1.43 bits per heavy atom. The first kappa shape index (κ1) is 15.5. The van der Waals surface area contributed by atoms with Gasteiger partial charge in [-0.05, 0) is 32.9 Å². The zero-order valence-corrected chi connectivity index (χ0v) is 12.5. The molecule has 0 spiro atoms. The number of piperidine rings is 1. The van der Waals surface area contributed by atoms with Crippen molar-refractivity contribution in [3.8, 4) is 5.88 Å². The van der Waals surface area contributed by atoms with Crippen LogP contribution in [-0.4, -0.2) is 47.6 Å². The van der Waals surface area contributed by atoms with E-state index in [4.69, 9.17) is 4.74 Å². The fourth-order valence-electron chi connectivity index (χ4n) is 2.56. The van der Waals surface area contributed by atoms with E-state index >= 15 is 0 Å². The summed E-state index contributed by atoms with van der Waals surface area (Å²) in [6.07, 6.45) is 3.74. The summed E-state index contributed by atoms with van der Waals surface area (Å²) in [5.74, 6) is 0.636. The summed E-state index contributed by atoms with van der Waals surface area (Å²) in [5.41, 5.74) is -0.0263.